The summed E-state index contributed by atoms with van der Waals surface area (Å²) in [5, 5.41) is 0. The first-order valence-corrected chi connectivity index (χ1v) is 10.7. The van der Waals surface area contributed by atoms with Gasteiger partial charge in [-0.3, -0.25) is 9.59 Å². The van der Waals surface area contributed by atoms with E-state index in [1.807, 2.05) is 66.8 Å². The lowest BCUT2D eigenvalue weighted by Gasteiger charge is -2.43. The van der Waals surface area contributed by atoms with Gasteiger partial charge in [0.05, 0.1) is 6.54 Å². The van der Waals surface area contributed by atoms with Crippen molar-refractivity contribution in [3.8, 4) is 11.1 Å². The van der Waals surface area contributed by atoms with Gasteiger partial charge in [-0.05, 0) is 63.8 Å². The molecule has 2 unspecified atom stereocenters. The number of rotatable bonds is 5. The number of amides is 1. The molecule has 1 fully saturated rings. The summed E-state index contributed by atoms with van der Waals surface area (Å²) in [5.74, 6) is 0.759. The molecule has 0 spiro atoms. The summed E-state index contributed by atoms with van der Waals surface area (Å²) in [4.78, 5) is 32.1. The Balaban J connectivity index is 1.67. The van der Waals surface area contributed by atoms with Crippen LogP contribution < -0.4 is 5.56 Å². The zero-order chi connectivity index (χ0) is 21.4. The highest BCUT2D eigenvalue weighted by molar-refractivity contribution is 5.78. The fourth-order valence-electron chi connectivity index (χ4n) is 4.99. The van der Waals surface area contributed by atoms with Crippen molar-refractivity contribution in [3.63, 3.8) is 0 Å². The largest absolute Gasteiger partial charge is 0.341 e. The van der Waals surface area contributed by atoms with E-state index < -0.39 is 0 Å². The Bertz CT molecular complexity index is 995. The van der Waals surface area contributed by atoms with Crippen LogP contribution in [0.25, 0.3) is 11.1 Å². The summed E-state index contributed by atoms with van der Waals surface area (Å²) in [7, 11) is 7.93. The lowest BCUT2D eigenvalue weighted by molar-refractivity contribution is -0.134. The molecule has 1 aromatic heterocycles. The van der Waals surface area contributed by atoms with E-state index in [2.05, 4.69) is 17.0 Å². The number of aromatic nitrogens is 1. The number of piperidine rings is 1. The van der Waals surface area contributed by atoms with Gasteiger partial charge < -0.3 is 19.3 Å². The number of likely N-dealkylation sites (N-methyl/N-ethyl adjacent to an activating group) is 1. The van der Waals surface area contributed by atoms with Crippen molar-refractivity contribution >= 4 is 5.91 Å². The zero-order valence-electron chi connectivity index (χ0n) is 18.5. The molecule has 3 heterocycles. The Morgan fingerprint density at radius 1 is 0.967 bits per heavy atom. The lowest BCUT2D eigenvalue weighted by Crippen LogP contribution is -2.51. The molecular formula is C24H32N4O2. The van der Waals surface area contributed by atoms with E-state index in [0.29, 0.717) is 25.6 Å². The molecule has 2 atom stereocenters. The van der Waals surface area contributed by atoms with Gasteiger partial charge in [-0.1, -0.05) is 24.3 Å². The maximum Gasteiger partial charge on any atom is 0.258 e. The third-order valence-electron chi connectivity index (χ3n) is 6.20. The summed E-state index contributed by atoms with van der Waals surface area (Å²) in [5.41, 5.74) is 4.13. The van der Waals surface area contributed by atoms with Gasteiger partial charge in [-0.15, -0.1) is 0 Å². The second kappa shape index (κ2) is 8.36. The van der Waals surface area contributed by atoms with Gasteiger partial charge in [0.2, 0.25) is 5.91 Å². The highest BCUT2D eigenvalue weighted by Gasteiger charge is 2.36. The molecule has 0 saturated carbocycles. The normalized spacial score (nSPS) is 20.5. The van der Waals surface area contributed by atoms with E-state index in [1.165, 1.54) is 0 Å². The number of fused-ring (bicyclic) bond motifs is 4. The van der Waals surface area contributed by atoms with E-state index in [-0.39, 0.29) is 17.4 Å². The van der Waals surface area contributed by atoms with Gasteiger partial charge in [0.15, 0.2) is 0 Å². The SMILES string of the molecule is CN(C)CC(=O)N1CC2CC(C1)c1ccc(-c3ccccc3CN(C)C)c(=O)n1C2. The van der Waals surface area contributed by atoms with Crippen LogP contribution in [0.2, 0.25) is 0 Å². The number of carbonyl (C=O) groups excluding carboxylic acids is 1. The monoisotopic (exact) mass is 408 g/mol. The van der Waals surface area contributed by atoms with Crippen molar-refractivity contribution in [1.82, 2.24) is 19.3 Å². The van der Waals surface area contributed by atoms with E-state index in [0.717, 1.165) is 41.9 Å². The summed E-state index contributed by atoms with van der Waals surface area (Å²) in [6.45, 7) is 3.38. The van der Waals surface area contributed by atoms with Gasteiger partial charge in [0, 0.05) is 43.4 Å². The topological polar surface area (TPSA) is 48.8 Å². The molecule has 0 aliphatic carbocycles. The minimum Gasteiger partial charge on any atom is -0.341 e. The van der Waals surface area contributed by atoms with Crippen molar-refractivity contribution in [2.75, 3.05) is 47.8 Å². The smallest absolute Gasteiger partial charge is 0.258 e. The first-order valence-electron chi connectivity index (χ1n) is 10.7. The average Bonchev–Trinajstić information content (AvgIpc) is 2.68. The molecule has 2 aliphatic heterocycles. The molecule has 0 radical (unpaired) electrons. The molecule has 0 N–H and O–H groups in total. The van der Waals surface area contributed by atoms with Gasteiger partial charge in [0.25, 0.3) is 5.56 Å². The fourth-order valence-corrected chi connectivity index (χ4v) is 4.99. The summed E-state index contributed by atoms with van der Waals surface area (Å²) >= 11 is 0. The standard InChI is InChI=1S/C24H32N4O2/c1-25(2)14-18-7-5-6-8-20(18)21-9-10-22-19-11-17(13-28(22)24(21)30)12-27(15-19)23(29)16-26(3)4/h5-10,17,19H,11-16H2,1-4H3. The van der Waals surface area contributed by atoms with Crippen molar-refractivity contribution in [2.45, 2.75) is 25.4 Å². The van der Waals surface area contributed by atoms with E-state index in [9.17, 15) is 9.59 Å². The zero-order valence-corrected chi connectivity index (χ0v) is 18.5. The number of pyridine rings is 1. The molecule has 2 bridgehead atoms. The molecule has 2 aromatic rings. The summed E-state index contributed by atoms with van der Waals surface area (Å²) < 4.78 is 1.98. The van der Waals surface area contributed by atoms with Gasteiger partial charge in [-0.25, -0.2) is 0 Å². The fraction of sp³-hybridized carbons (Fsp3) is 0.500. The van der Waals surface area contributed by atoms with Gasteiger partial charge >= 0.3 is 0 Å². The molecule has 1 aromatic carbocycles. The maximum absolute atomic E-state index is 13.5. The number of hydrogen-bond acceptors (Lipinski definition) is 4. The Labute approximate surface area is 178 Å². The predicted molar refractivity (Wildman–Crippen MR) is 120 cm³/mol. The van der Waals surface area contributed by atoms with Crippen LogP contribution in [0.3, 0.4) is 0 Å². The molecular weight excluding hydrogens is 376 g/mol. The van der Waals surface area contributed by atoms with Crippen molar-refractivity contribution in [2.24, 2.45) is 5.92 Å². The molecule has 1 amide bonds. The lowest BCUT2D eigenvalue weighted by atomic mass is 9.82. The second-order valence-corrected chi connectivity index (χ2v) is 9.32. The van der Waals surface area contributed by atoms with Crippen LogP contribution in [-0.4, -0.2) is 73.0 Å². The van der Waals surface area contributed by atoms with Crippen LogP contribution in [0.15, 0.2) is 41.2 Å². The van der Waals surface area contributed by atoms with Crippen LogP contribution >= 0.6 is 0 Å². The Morgan fingerprint density at radius 3 is 2.47 bits per heavy atom. The molecule has 4 rings (SSSR count). The van der Waals surface area contributed by atoms with E-state index in [1.54, 1.807) is 0 Å². The highest BCUT2D eigenvalue weighted by Crippen LogP contribution is 2.36. The first kappa shape index (κ1) is 20.8. The second-order valence-electron chi connectivity index (χ2n) is 9.32. The van der Waals surface area contributed by atoms with Crippen LogP contribution in [0.1, 0.15) is 23.6 Å². The molecule has 6 heteroatoms. The number of hydrogen-bond donors (Lipinski definition) is 0. The van der Waals surface area contributed by atoms with Gasteiger partial charge in [0.1, 0.15) is 0 Å². The number of nitrogens with zero attached hydrogens (tertiary/aromatic N) is 4. The van der Waals surface area contributed by atoms with E-state index in [4.69, 9.17) is 0 Å². The number of likely N-dealkylation sites (tertiary alicyclic amines) is 1. The molecule has 6 nitrogen and oxygen atoms in total. The Morgan fingerprint density at radius 2 is 1.73 bits per heavy atom. The minimum atomic E-state index is 0.0986. The summed E-state index contributed by atoms with van der Waals surface area (Å²) in [6.07, 6.45) is 1.06. The van der Waals surface area contributed by atoms with Crippen molar-refractivity contribution < 1.29 is 4.79 Å². The van der Waals surface area contributed by atoms with Crippen LogP contribution in [0.4, 0.5) is 0 Å². The quantitative estimate of drug-likeness (QED) is 0.760. The predicted octanol–water partition coefficient (Wildman–Crippen LogP) is 2.08. The average molecular weight is 409 g/mol. The Hall–Kier alpha value is -2.44. The number of benzene rings is 1. The first-order chi connectivity index (χ1) is 14.3. The van der Waals surface area contributed by atoms with E-state index >= 15 is 0 Å². The maximum atomic E-state index is 13.5. The summed E-state index contributed by atoms with van der Waals surface area (Å²) in [6, 6.07) is 12.3. The van der Waals surface area contributed by atoms with Crippen LogP contribution in [0.5, 0.6) is 0 Å². The number of carbonyl (C=O) groups is 1. The van der Waals surface area contributed by atoms with Gasteiger partial charge in [-0.2, -0.15) is 0 Å². The van der Waals surface area contributed by atoms with Crippen LogP contribution in [0, 0.1) is 5.92 Å². The minimum absolute atomic E-state index is 0.0986. The molecule has 1 saturated heterocycles. The molecule has 30 heavy (non-hydrogen) atoms. The van der Waals surface area contributed by atoms with Crippen molar-refractivity contribution in [3.05, 3.63) is 58.0 Å². The molecule has 160 valence electrons. The third kappa shape index (κ3) is 4.07. The molecule has 2 aliphatic rings. The Kier molecular flexibility index (Phi) is 5.80. The van der Waals surface area contributed by atoms with Crippen molar-refractivity contribution in [1.29, 1.82) is 0 Å². The highest BCUT2D eigenvalue weighted by atomic mass is 16.2. The third-order valence-corrected chi connectivity index (χ3v) is 6.20. The van der Waals surface area contributed by atoms with Crippen LogP contribution in [-0.2, 0) is 17.9 Å².